The Labute approximate surface area is 135 Å². The number of para-hydroxylation sites is 1. The standard InChI is InChI=1S/C15H14F3NO5/c1-2-23-13(21)7-8-14(22)24-9-12(20)19-11-6-4-3-5-10(11)15(16,17)18/h3-8H,2,9H2,1H3,(H,19,20)/b8-7+. The van der Waals surface area contributed by atoms with Crippen LogP contribution in [0.2, 0.25) is 0 Å². The summed E-state index contributed by atoms with van der Waals surface area (Å²) in [6.45, 7) is 0.893. The number of ether oxygens (including phenoxy) is 2. The van der Waals surface area contributed by atoms with E-state index in [1.807, 2.05) is 5.32 Å². The second-order valence-corrected chi connectivity index (χ2v) is 4.28. The largest absolute Gasteiger partial charge is 0.463 e. The molecule has 130 valence electrons. The molecule has 9 heteroatoms. The molecule has 0 heterocycles. The Kier molecular flexibility index (Phi) is 6.97. The van der Waals surface area contributed by atoms with Crippen molar-refractivity contribution in [1.82, 2.24) is 0 Å². The Balaban J connectivity index is 2.56. The van der Waals surface area contributed by atoms with E-state index in [1.165, 1.54) is 12.1 Å². The highest BCUT2D eigenvalue weighted by atomic mass is 19.4. The van der Waals surface area contributed by atoms with Crippen molar-refractivity contribution in [1.29, 1.82) is 0 Å². The van der Waals surface area contributed by atoms with E-state index < -0.39 is 41.9 Å². The first-order valence-corrected chi connectivity index (χ1v) is 6.71. The number of hydrogen-bond acceptors (Lipinski definition) is 5. The molecule has 0 aromatic heterocycles. The third-order valence-electron chi connectivity index (χ3n) is 2.49. The first-order valence-electron chi connectivity index (χ1n) is 6.71. The van der Waals surface area contributed by atoms with Gasteiger partial charge in [-0.3, -0.25) is 4.79 Å². The van der Waals surface area contributed by atoms with Crippen molar-refractivity contribution in [3.8, 4) is 0 Å². The quantitative estimate of drug-likeness (QED) is 0.632. The number of halogens is 3. The number of esters is 2. The van der Waals surface area contributed by atoms with E-state index in [4.69, 9.17) is 0 Å². The minimum atomic E-state index is -4.64. The lowest BCUT2D eigenvalue weighted by Crippen LogP contribution is -2.22. The zero-order valence-corrected chi connectivity index (χ0v) is 12.6. The average molecular weight is 345 g/mol. The molecule has 0 aliphatic rings. The monoisotopic (exact) mass is 345 g/mol. The van der Waals surface area contributed by atoms with E-state index in [9.17, 15) is 27.6 Å². The normalized spacial score (nSPS) is 11.2. The summed E-state index contributed by atoms with van der Waals surface area (Å²) < 4.78 is 47.3. The van der Waals surface area contributed by atoms with Crippen LogP contribution in [0.25, 0.3) is 0 Å². The summed E-state index contributed by atoms with van der Waals surface area (Å²) in [5, 5.41) is 2.01. The van der Waals surface area contributed by atoms with Gasteiger partial charge in [0.15, 0.2) is 6.61 Å². The molecule has 0 saturated heterocycles. The summed E-state index contributed by atoms with van der Waals surface area (Å²) in [6.07, 6.45) is -3.08. The molecule has 0 fully saturated rings. The van der Waals surface area contributed by atoms with Crippen LogP contribution in [0, 0.1) is 0 Å². The van der Waals surface area contributed by atoms with Crippen molar-refractivity contribution in [3.05, 3.63) is 42.0 Å². The fourth-order valence-corrected chi connectivity index (χ4v) is 1.54. The predicted molar refractivity (Wildman–Crippen MR) is 76.8 cm³/mol. The van der Waals surface area contributed by atoms with Gasteiger partial charge in [0, 0.05) is 12.2 Å². The Hall–Kier alpha value is -2.84. The van der Waals surface area contributed by atoms with Gasteiger partial charge in [0.1, 0.15) is 0 Å². The molecule has 0 aliphatic heterocycles. The molecular formula is C15H14F3NO5. The molecule has 0 unspecified atom stereocenters. The van der Waals surface area contributed by atoms with Crippen LogP contribution in [0.3, 0.4) is 0 Å². The van der Waals surface area contributed by atoms with Crippen molar-refractivity contribution < 1.29 is 37.0 Å². The third kappa shape index (κ3) is 6.51. The Morgan fingerprint density at radius 2 is 1.67 bits per heavy atom. The Morgan fingerprint density at radius 1 is 1.08 bits per heavy atom. The molecule has 0 aliphatic carbocycles. The molecule has 1 rings (SSSR count). The van der Waals surface area contributed by atoms with Crippen molar-refractivity contribution >= 4 is 23.5 Å². The van der Waals surface area contributed by atoms with Crippen LogP contribution in [-0.2, 0) is 30.0 Å². The number of rotatable bonds is 6. The molecule has 0 atom stereocenters. The number of alkyl halides is 3. The molecule has 1 amide bonds. The van der Waals surface area contributed by atoms with Crippen LogP contribution >= 0.6 is 0 Å². The van der Waals surface area contributed by atoms with Crippen LogP contribution in [0.5, 0.6) is 0 Å². The van der Waals surface area contributed by atoms with Gasteiger partial charge in [0.25, 0.3) is 5.91 Å². The molecule has 0 spiro atoms. The van der Waals surface area contributed by atoms with Gasteiger partial charge < -0.3 is 14.8 Å². The van der Waals surface area contributed by atoms with E-state index >= 15 is 0 Å². The Morgan fingerprint density at radius 3 is 2.25 bits per heavy atom. The van der Waals surface area contributed by atoms with E-state index in [-0.39, 0.29) is 6.61 Å². The minimum absolute atomic E-state index is 0.124. The molecule has 6 nitrogen and oxygen atoms in total. The SMILES string of the molecule is CCOC(=O)/C=C/C(=O)OCC(=O)Nc1ccccc1C(F)(F)F. The number of amides is 1. The minimum Gasteiger partial charge on any atom is -0.463 e. The maximum Gasteiger partial charge on any atom is 0.418 e. The predicted octanol–water partition coefficient (Wildman–Crippen LogP) is 2.31. The second kappa shape index (κ2) is 8.70. The highest BCUT2D eigenvalue weighted by Crippen LogP contribution is 2.34. The van der Waals surface area contributed by atoms with Gasteiger partial charge in [-0.2, -0.15) is 13.2 Å². The highest BCUT2D eigenvalue weighted by Gasteiger charge is 2.33. The van der Waals surface area contributed by atoms with Gasteiger partial charge in [0.05, 0.1) is 17.9 Å². The molecule has 0 radical (unpaired) electrons. The van der Waals surface area contributed by atoms with Crippen molar-refractivity contribution in [3.63, 3.8) is 0 Å². The van der Waals surface area contributed by atoms with Gasteiger partial charge >= 0.3 is 18.1 Å². The summed E-state index contributed by atoms with van der Waals surface area (Å²) in [4.78, 5) is 33.8. The van der Waals surface area contributed by atoms with Crippen LogP contribution in [-0.4, -0.2) is 31.1 Å². The summed E-state index contributed by atoms with van der Waals surface area (Å²) in [5.41, 5.74) is -1.47. The third-order valence-corrected chi connectivity index (χ3v) is 2.49. The molecular weight excluding hydrogens is 331 g/mol. The smallest absolute Gasteiger partial charge is 0.418 e. The van der Waals surface area contributed by atoms with E-state index in [0.29, 0.717) is 0 Å². The first kappa shape index (κ1) is 19.2. The fourth-order valence-electron chi connectivity index (χ4n) is 1.54. The number of hydrogen-bond donors (Lipinski definition) is 1. The summed E-state index contributed by atoms with van der Waals surface area (Å²) in [5.74, 6) is -2.73. The molecule has 24 heavy (non-hydrogen) atoms. The zero-order valence-electron chi connectivity index (χ0n) is 12.6. The molecule has 1 N–H and O–H groups in total. The summed E-state index contributed by atoms with van der Waals surface area (Å²) in [7, 11) is 0. The highest BCUT2D eigenvalue weighted by molar-refractivity contribution is 5.96. The van der Waals surface area contributed by atoms with Crippen molar-refractivity contribution in [2.24, 2.45) is 0 Å². The van der Waals surface area contributed by atoms with Gasteiger partial charge in [-0.1, -0.05) is 12.1 Å². The topological polar surface area (TPSA) is 81.7 Å². The second-order valence-electron chi connectivity index (χ2n) is 4.28. The fraction of sp³-hybridized carbons (Fsp3) is 0.267. The Bertz CT molecular complexity index is 640. The zero-order chi connectivity index (χ0) is 18.2. The number of carbonyl (C=O) groups excluding carboxylic acids is 3. The van der Waals surface area contributed by atoms with E-state index in [1.54, 1.807) is 6.92 Å². The summed E-state index contributed by atoms with van der Waals surface area (Å²) in [6, 6.07) is 4.38. The van der Waals surface area contributed by atoms with Crippen molar-refractivity contribution in [2.75, 3.05) is 18.5 Å². The van der Waals surface area contributed by atoms with Gasteiger partial charge in [-0.25, -0.2) is 9.59 Å². The molecule has 0 saturated carbocycles. The van der Waals surface area contributed by atoms with Crippen LogP contribution < -0.4 is 5.32 Å². The maximum absolute atomic E-state index is 12.8. The average Bonchev–Trinajstić information content (AvgIpc) is 2.50. The number of nitrogens with one attached hydrogen (secondary N) is 1. The van der Waals surface area contributed by atoms with Crippen LogP contribution in [0.4, 0.5) is 18.9 Å². The summed E-state index contributed by atoms with van der Waals surface area (Å²) >= 11 is 0. The van der Waals surface area contributed by atoms with Gasteiger partial charge in [-0.05, 0) is 19.1 Å². The first-order chi connectivity index (χ1) is 11.2. The number of carbonyl (C=O) groups is 3. The molecule has 1 aromatic carbocycles. The molecule has 1 aromatic rings. The van der Waals surface area contributed by atoms with E-state index in [2.05, 4.69) is 9.47 Å². The lowest BCUT2D eigenvalue weighted by Gasteiger charge is -2.13. The van der Waals surface area contributed by atoms with Crippen LogP contribution in [0.15, 0.2) is 36.4 Å². The number of benzene rings is 1. The van der Waals surface area contributed by atoms with Gasteiger partial charge in [0.2, 0.25) is 0 Å². The van der Waals surface area contributed by atoms with Crippen LogP contribution in [0.1, 0.15) is 12.5 Å². The number of anilines is 1. The lowest BCUT2D eigenvalue weighted by molar-refractivity contribution is -0.143. The molecule has 0 bridgehead atoms. The van der Waals surface area contributed by atoms with E-state index in [0.717, 1.165) is 24.3 Å². The lowest BCUT2D eigenvalue weighted by atomic mass is 10.1. The van der Waals surface area contributed by atoms with Gasteiger partial charge in [-0.15, -0.1) is 0 Å². The maximum atomic E-state index is 12.8. The van der Waals surface area contributed by atoms with Crippen molar-refractivity contribution in [2.45, 2.75) is 13.1 Å².